The van der Waals surface area contributed by atoms with Crippen molar-refractivity contribution in [2.24, 2.45) is 0 Å². The van der Waals surface area contributed by atoms with Gasteiger partial charge < -0.3 is 14.4 Å². The highest BCUT2D eigenvalue weighted by molar-refractivity contribution is 5.95. The molecule has 1 aromatic carbocycles. The zero-order chi connectivity index (χ0) is 17.9. The van der Waals surface area contributed by atoms with Crippen LogP contribution in [0.3, 0.4) is 0 Å². The third-order valence-electron chi connectivity index (χ3n) is 5.00. The van der Waals surface area contributed by atoms with Gasteiger partial charge in [0.1, 0.15) is 13.2 Å². The highest BCUT2D eigenvalue weighted by Gasteiger charge is 2.28. The SMILES string of the molecule is CCC1CC(c2ccncc2)=CCN1C(=O)c1ccc2c(c1)OCCO2. The van der Waals surface area contributed by atoms with Gasteiger partial charge in [0.05, 0.1) is 0 Å². The lowest BCUT2D eigenvalue weighted by molar-refractivity contribution is 0.0692. The van der Waals surface area contributed by atoms with Crippen LogP contribution in [0.5, 0.6) is 11.5 Å². The van der Waals surface area contributed by atoms with Crippen LogP contribution in [0.15, 0.2) is 48.8 Å². The summed E-state index contributed by atoms with van der Waals surface area (Å²) in [6, 6.07) is 9.68. The lowest BCUT2D eigenvalue weighted by atomic mass is 9.92. The Morgan fingerprint density at radius 3 is 2.69 bits per heavy atom. The second-order valence-electron chi connectivity index (χ2n) is 6.55. The largest absolute Gasteiger partial charge is 0.486 e. The molecule has 1 aromatic heterocycles. The average molecular weight is 350 g/mol. The molecular formula is C21H22N2O3. The number of hydrogen-bond donors (Lipinski definition) is 0. The summed E-state index contributed by atoms with van der Waals surface area (Å²) in [4.78, 5) is 19.1. The molecular weight excluding hydrogens is 328 g/mol. The second-order valence-corrected chi connectivity index (χ2v) is 6.55. The number of benzene rings is 1. The number of hydrogen-bond acceptors (Lipinski definition) is 4. The highest BCUT2D eigenvalue weighted by Crippen LogP contribution is 2.33. The van der Waals surface area contributed by atoms with E-state index in [1.54, 1.807) is 6.07 Å². The van der Waals surface area contributed by atoms with E-state index in [1.807, 2.05) is 41.6 Å². The van der Waals surface area contributed by atoms with Crippen LogP contribution < -0.4 is 9.47 Å². The number of ether oxygens (including phenoxy) is 2. The molecule has 4 rings (SSSR count). The molecule has 0 N–H and O–H groups in total. The van der Waals surface area contributed by atoms with Crippen LogP contribution in [0.2, 0.25) is 0 Å². The molecule has 2 aliphatic heterocycles. The summed E-state index contributed by atoms with van der Waals surface area (Å²) in [6.07, 6.45) is 7.54. The minimum absolute atomic E-state index is 0.0406. The van der Waals surface area contributed by atoms with Crippen LogP contribution >= 0.6 is 0 Å². The first-order chi connectivity index (χ1) is 12.8. The molecule has 0 spiro atoms. The van der Waals surface area contributed by atoms with Gasteiger partial charge in [-0.1, -0.05) is 13.0 Å². The molecule has 3 heterocycles. The second kappa shape index (κ2) is 7.20. The van der Waals surface area contributed by atoms with E-state index in [-0.39, 0.29) is 11.9 Å². The van der Waals surface area contributed by atoms with Crippen LogP contribution in [0.1, 0.15) is 35.7 Å². The molecule has 5 heteroatoms. The van der Waals surface area contributed by atoms with E-state index in [0.717, 1.165) is 12.8 Å². The maximum absolute atomic E-state index is 13.1. The Morgan fingerprint density at radius 2 is 1.92 bits per heavy atom. The number of rotatable bonds is 3. The van der Waals surface area contributed by atoms with Gasteiger partial charge in [0.25, 0.3) is 5.91 Å². The maximum atomic E-state index is 13.1. The molecule has 0 fully saturated rings. The molecule has 134 valence electrons. The third-order valence-corrected chi connectivity index (χ3v) is 5.00. The number of amides is 1. The fourth-order valence-electron chi connectivity index (χ4n) is 3.56. The van der Waals surface area contributed by atoms with E-state index in [2.05, 4.69) is 18.0 Å². The van der Waals surface area contributed by atoms with Crippen LogP contribution in [-0.4, -0.2) is 41.6 Å². The molecule has 0 aliphatic carbocycles. The summed E-state index contributed by atoms with van der Waals surface area (Å²) in [5.74, 6) is 1.40. The topological polar surface area (TPSA) is 51.7 Å². The van der Waals surface area contributed by atoms with Crippen molar-refractivity contribution in [1.82, 2.24) is 9.88 Å². The monoisotopic (exact) mass is 350 g/mol. The Morgan fingerprint density at radius 1 is 1.15 bits per heavy atom. The predicted molar refractivity (Wildman–Crippen MR) is 99.4 cm³/mol. The van der Waals surface area contributed by atoms with Crippen LogP contribution in [0.4, 0.5) is 0 Å². The first-order valence-corrected chi connectivity index (χ1v) is 9.06. The molecule has 1 atom stereocenters. The number of pyridine rings is 1. The van der Waals surface area contributed by atoms with Crippen molar-refractivity contribution in [3.63, 3.8) is 0 Å². The lowest BCUT2D eigenvalue weighted by Gasteiger charge is -2.35. The minimum Gasteiger partial charge on any atom is -0.486 e. The van der Waals surface area contributed by atoms with Gasteiger partial charge in [0.2, 0.25) is 0 Å². The Balaban J connectivity index is 1.57. The van der Waals surface area contributed by atoms with E-state index in [9.17, 15) is 4.79 Å². The highest BCUT2D eigenvalue weighted by atomic mass is 16.6. The van der Waals surface area contributed by atoms with Crippen molar-refractivity contribution < 1.29 is 14.3 Å². The van der Waals surface area contributed by atoms with Crippen LogP contribution in [0, 0.1) is 0 Å². The summed E-state index contributed by atoms with van der Waals surface area (Å²) >= 11 is 0. The Bertz CT molecular complexity index is 832. The summed E-state index contributed by atoms with van der Waals surface area (Å²) in [7, 11) is 0. The van der Waals surface area contributed by atoms with Crippen molar-refractivity contribution in [1.29, 1.82) is 0 Å². The normalized spacial score (nSPS) is 19.0. The predicted octanol–water partition coefficient (Wildman–Crippen LogP) is 3.56. The van der Waals surface area contributed by atoms with Gasteiger partial charge in [-0.15, -0.1) is 0 Å². The molecule has 1 unspecified atom stereocenters. The molecule has 0 saturated heterocycles. The number of carbonyl (C=O) groups is 1. The Hall–Kier alpha value is -2.82. The van der Waals surface area contributed by atoms with Gasteiger partial charge in [0, 0.05) is 30.5 Å². The Labute approximate surface area is 153 Å². The van der Waals surface area contributed by atoms with Gasteiger partial charge in [-0.2, -0.15) is 0 Å². The van der Waals surface area contributed by atoms with Gasteiger partial charge in [0.15, 0.2) is 11.5 Å². The summed E-state index contributed by atoms with van der Waals surface area (Å²) in [6.45, 7) is 3.81. The van der Waals surface area contributed by atoms with Gasteiger partial charge >= 0.3 is 0 Å². The molecule has 26 heavy (non-hydrogen) atoms. The summed E-state index contributed by atoms with van der Waals surface area (Å²) in [5.41, 5.74) is 3.11. The Kier molecular flexibility index (Phi) is 4.61. The van der Waals surface area contributed by atoms with Crippen molar-refractivity contribution in [3.8, 4) is 11.5 Å². The lowest BCUT2D eigenvalue weighted by Crippen LogP contribution is -2.42. The van der Waals surface area contributed by atoms with E-state index >= 15 is 0 Å². The van der Waals surface area contributed by atoms with Crippen molar-refractivity contribution >= 4 is 11.5 Å². The fourth-order valence-corrected chi connectivity index (χ4v) is 3.56. The smallest absolute Gasteiger partial charge is 0.254 e. The van der Waals surface area contributed by atoms with Crippen molar-refractivity contribution in [2.45, 2.75) is 25.8 Å². The molecule has 1 amide bonds. The van der Waals surface area contributed by atoms with Gasteiger partial charge in [-0.05, 0) is 54.3 Å². The zero-order valence-electron chi connectivity index (χ0n) is 14.9. The number of carbonyl (C=O) groups excluding carboxylic acids is 1. The summed E-state index contributed by atoms with van der Waals surface area (Å²) in [5, 5.41) is 0. The van der Waals surface area contributed by atoms with Crippen molar-refractivity contribution in [3.05, 3.63) is 59.9 Å². The molecule has 2 aliphatic rings. The maximum Gasteiger partial charge on any atom is 0.254 e. The van der Waals surface area contributed by atoms with Crippen LogP contribution in [0.25, 0.3) is 5.57 Å². The average Bonchev–Trinajstić information content (AvgIpc) is 2.73. The zero-order valence-corrected chi connectivity index (χ0v) is 14.9. The van der Waals surface area contributed by atoms with Gasteiger partial charge in [-0.3, -0.25) is 9.78 Å². The standard InChI is InChI=1S/C21H22N2O3/c1-2-18-13-16(15-5-8-22-9-6-15)7-10-23(18)21(24)17-3-4-19-20(14-17)26-12-11-25-19/h3-9,14,18H,2,10-13H2,1H3. The number of aromatic nitrogens is 1. The van der Waals surface area contributed by atoms with Gasteiger partial charge in [-0.25, -0.2) is 0 Å². The molecule has 0 saturated carbocycles. The van der Waals surface area contributed by atoms with Crippen molar-refractivity contribution in [2.75, 3.05) is 19.8 Å². The molecule has 2 aromatic rings. The number of fused-ring (bicyclic) bond motifs is 1. The van der Waals surface area contributed by atoms with E-state index in [4.69, 9.17) is 9.47 Å². The fraction of sp³-hybridized carbons (Fsp3) is 0.333. The molecule has 0 bridgehead atoms. The molecule has 0 radical (unpaired) electrons. The number of nitrogens with zero attached hydrogens (tertiary/aromatic N) is 2. The van der Waals surface area contributed by atoms with E-state index in [1.165, 1.54) is 11.1 Å². The van der Waals surface area contributed by atoms with Crippen LogP contribution in [-0.2, 0) is 0 Å². The third kappa shape index (κ3) is 3.17. The molecule has 5 nitrogen and oxygen atoms in total. The first kappa shape index (κ1) is 16.6. The minimum atomic E-state index is 0.0406. The van der Waals surface area contributed by atoms with E-state index < -0.39 is 0 Å². The van der Waals surface area contributed by atoms with E-state index in [0.29, 0.717) is 36.8 Å². The quantitative estimate of drug-likeness (QED) is 0.849. The first-order valence-electron chi connectivity index (χ1n) is 9.06. The summed E-state index contributed by atoms with van der Waals surface area (Å²) < 4.78 is 11.2.